The van der Waals surface area contributed by atoms with Crippen LogP contribution >= 0.6 is 0 Å². The van der Waals surface area contributed by atoms with Crippen molar-refractivity contribution in [1.82, 2.24) is 4.31 Å². The van der Waals surface area contributed by atoms with Gasteiger partial charge < -0.3 is 10.1 Å². The van der Waals surface area contributed by atoms with Gasteiger partial charge in [-0.15, -0.1) is 0 Å². The van der Waals surface area contributed by atoms with Crippen LogP contribution in [0.3, 0.4) is 0 Å². The number of carbonyl (C=O) groups excluding carboxylic acids is 1. The normalized spacial score (nSPS) is 14.8. The molecule has 1 saturated heterocycles. The zero-order valence-corrected chi connectivity index (χ0v) is 17.4. The summed E-state index contributed by atoms with van der Waals surface area (Å²) >= 11 is 0. The van der Waals surface area contributed by atoms with E-state index in [-0.39, 0.29) is 22.9 Å². The summed E-state index contributed by atoms with van der Waals surface area (Å²) in [6.07, 6.45) is 2.80. The quantitative estimate of drug-likeness (QED) is 0.529. The molecular formula is C20H23N3O6S. The van der Waals surface area contributed by atoms with E-state index in [1.807, 2.05) is 0 Å². The van der Waals surface area contributed by atoms with Crippen LogP contribution in [0.15, 0.2) is 42.5 Å². The number of methoxy groups -OCH3 is 1. The Morgan fingerprint density at radius 3 is 2.40 bits per heavy atom. The average Bonchev–Trinajstić information content (AvgIpc) is 2.74. The predicted molar refractivity (Wildman–Crippen MR) is 112 cm³/mol. The molecule has 0 saturated carbocycles. The second kappa shape index (κ2) is 9.23. The number of hydrogen-bond acceptors (Lipinski definition) is 6. The van der Waals surface area contributed by atoms with Gasteiger partial charge in [0.15, 0.2) is 0 Å². The third-order valence-corrected chi connectivity index (χ3v) is 6.77. The highest BCUT2D eigenvalue weighted by atomic mass is 32.2. The minimum absolute atomic E-state index is 0.117. The van der Waals surface area contributed by atoms with Crippen LogP contribution in [-0.2, 0) is 15.8 Å². The summed E-state index contributed by atoms with van der Waals surface area (Å²) in [5, 5.41) is 13.6. The lowest BCUT2D eigenvalue weighted by Crippen LogP contribution is -2.36. The number of benzene rings is 2. The second-order valence-electron chi connectivity index (χ2n) is 7.01. The number of nitro groups is 1. The van der Waals surface area contributed by atoms with Crippen LogP contribution in [-0.4, -0.2) is 43.8 Å². The van der Waals surface area contributed by atoms with E-state index in [0.717, 1.165) is 19.3 Å². The molecule has 2 aromatic rings. The number of nitrogens with one attached hydrogen (secondary N) is 1. The zero-order chi connectivity index (χ0) is 21.7. The Labute approximate surface area is 174 Å². The van der Waals surface area contributed by atoms with Crippen molar-refractivity contribution in [3.05, 3.63) is 63.7 Å². The Bertz CT molecular complexity index is 1030. The van der Waals surface area contributed by atoms with E-state index in [2.05, 4.69) is 5.32 Å². The molecule has 1 aliphatic rings. The maximum atomic E-state index is 12.6. The lowest BCUT2D eigenvalue weighted by Gasteiger charge is -2.25. The van der Waals surface area contributed by atoms with Gasteiger partial charge in [0.2, 0.25) is 10.0 Å². The molecule has 0 aromatic heterocycles. The van der Waals surface area contributed by atoms with Crippen LogP contribution in [0.25, 0.3) is 0 Å². The van der Waals surface area contributed by atoms with Gasteiger partial charge in [0, 0.05) is 30.8 Å². The summed E-state index contributed by atoms with van der Waals surface area (Å²) in [4.78, 5) is 23.0. The highest BCUT2D eigenvalue weighted by Gasteiger charge is 2.24. The van der Waals surface area contributed by atoms with Gasteiger partial charge >= 0.3 is 0 Å². The molecule has 1 amide bonds. The number of rotatable bonds is 7. The Morgan fingerprint density at radius 1 is 1.13 bits per heavy atom. The summed E-state index contributed by atoms with van der Waals surface area (Å²) in [7, 11) is -1.99. The van der Waals surface area contributed by atoms with E-state index in [9.17, 15) is 23.3 Å². The standard InChI is InChI=1S/C20H23N3O6S/c1-29-19-10-9-17(23(25)26)13-18(19)21-20(24)16-7-5-15(6-8-16)14-30(27,28)22-11-3-2-4-12-22/h5-10,13H,2-4,11-12,14H2,1H3,(H,21,24). The fourth-order valence-corrected chi connectivity index (χ4v) is 4.91. The van der Waals surface area contributed by atoms with Crippen molar-refractivity contribution in [1.29, 1.82) is 0 Å². The van der Waals surface area contributed by atoms with Crippen molar-refractivity contribution in [2.75, 3.05) is 25.5 Å². The number of anilines is 1. The number of non-ortho nitro benzene ring substituents is 1. The van der Waals surface area contributed by atoms with E-state index >= 15 is 0 Å². The first-order valence-electron chi connectivity index (χ1n) is 9.51. The van der Waals surface area contributed by atoms with Crippen LogP contribution in [0.4, 0.5) is 11.4 Å². The monoisotopic (exact) mass is 433 g/mol. The number of nitro benzene ring substituents is 1. The maximum absolute atomic E-state index is 12.6. The molecule has 1 heterocycles. The Hall–Kier alpha value is -2.98. The summed E-state index contributed by atoms with van der Waals surface area (Å²) < 4.78 is 31.8. The second-order valence-corrected chi connectivity index (χ2v) is 8.98. The summed E-state index contributed by atoms with van der Waals surface area (Å²) in [5.41, 5.74) is 0.880. The first-order chi connectivity index (χ1) is 14.3. The largest absolute Gasteiger partial charge is 0.495 e. The Morgan fingerprint density at radius 2 is 1.80 bits per heavy atom. The SMILES string of the molecule is COc1ccc([N+](=O)[O-])cc1NC(=O)c1ccc(CS(=O)(=O)N2CCCCC2)cc1. The molecular weight excluding hydrogens is 410 g/mol. The molecule has 3 rings (SSSR count). The van der Waals surface area contributed by atoms with Crippen molar-refractivity contribution < 1.29 is 22.9 Å². The molecule has 0 unspecified atom stereocenters. The highest BCUT2D eigenvalue weighted by Crippen LogP contribution is 2.29. The van der Waals surface area contributed by atoms with E-state index in [1.165, 1.54) is 41.7 Å². The van der Waals surface area contributed by atoms with Gasteiger partial charge in [-0.25, -0.2) is 12.7 Å². The molecule has 1 N–H and O–H groups in total. The molecule has 2 aromatic carbocycles. The molecule has 0 spiro atoms. The van der Waals surface area contributed by atoms with Gasteiger partial charge in [-0.2, -0.15) is 0 Å². The average molecular weight is 433 g/mol. The van der Waals surface area contributed by atoms with Crippen molar-refractivity contribution >= 4 is 27.3 Å². The number of sulfonamides is 1. The molecule has 0 atom stereocenters. The molecule has 1 aliphatic heterocycles. The van der Waals surface area contributed by atoms with Crippen molar-refractivity contribution in [2.45, 2.75) is 25.0 Å². The smallest absolute Gasteiger partial charge is 0.271 e. The zero-order valence-electron chi connectivity index (χ0n) is 16.5. The fourth-order valence-electron chi connectivity index (χ4n) is 3.30. The first-order valence-corrected chi connectivity index (χ1v) is 11.1. The predicted octanol–water partition coefficient (Wildman–Crippen LogP) is 3.17. The molecule has 0 bridgehead atoms. The summed E-state index contributed by atoms with van der Waals surface area (Å²) in [6, 6.07) is 10.2. The van der Waals surface area contributed by atoms with Gasteiger partial charge in [0.05, 0.1) is 23.5 Å². The van der Waals surface area contributed by atoms with Crippen LogP contribution in [0.2, 0.25) is 0 Å². The van der Waals surface area contributed by atoms with Gasteiger partial charge in [-0.3, -0.25) is 14.9 Å². The summed E-state index contributed by atoms with van der Waals surface area (Å²) in [6.45, 7) is 1.10. The van der Waals surface area contributed by atoms with Crippen LogP contribution in [0, 0.1) is 10.1 Å². The Kier molecular flexibility index (Phi) is 6.68. The van der Waals surface area contributed by atoms with E-state index < -0.39 is 20.9 Å². The van der Waals surface area contributed by atoms with Crippen molar-refractivity contribution in [2.24, 2.45) is 0 Å². The molecule has 160 valence electrons. The highest BCUT2D eigenvalue weighted by molar-refractivity contribution is 7.88. The molecule has 0 aliphatic carbocycles. The molecule has 1 fully saturated rings. The maximum Gasteiger partial charge on any atom is 0.271 e. The molecule has 10 heteroatoms. The third-order valence-electron chi connectivity index (χ3n) is 4.92. The minimum Gasteiger partial charge on any atom is -0.495 e. The fraction of sp³-hybridized carbons (Fsp3) is 0.350. The van der Waals surface area contributed by atoms with Crippen molar-refractivity contribution in [3.63, 3.8) is 0 Å². The van der Waals surface area contributed by atoms with Gasteiger partial charge in [-0.1, -0.05) is 18.6 Å². The first kappa shape index (κ1) is 21.7. The van der Waals surface area contributed by atoms with E-state index in [4.69, 9.17) is 4.74 Å². The number of ether oxygens (including phenoxy) is 1. The molecule has 30 heavy (non-hydrogen) atoms. The number of amides is 1. The summed E-state index contributed by atoms with van der Waals surface area (Å²) in [5.74, 6) is -0.314. The van der Waals surface area contributed by atoms with Crippen LogP contribution < -0.4 is 10.1 Å². The van der Waals surface area contributed by atoms with E-state index in [1.54, 1.807) is 12.1 Å². The lowest BCUT2D eigenvalue weighted by atomic mass is 10.1. The van der Waals surface area contributed by atoms with Crippen molar-refractivity contribution in [3.8, 4) is 5.75 Å². The number of hydrogen-bond donors (Lipinski definition) is 1. The van der Waals surface area contributed by atoms with Crippen LogP contribution in [0.1, 0.15) is 35.2 Å². The number of carbonyl (C=O) groups is 1. The third kappa shape index (κ3) is 5.14. The topological polar surface area (TPSA) is 119 Å². The van der Waals surface area contributed by atoms with E-state index in [0.29, 0.717) is 24.2 Å². The van der Waals surface area contributed by atoms with Crippen LogP contribution in [0.5, 0.6) is 5.75 Å². The number of piperidine rings is 1. The molecule has 0 radical (unpaired) electrons. The van der Waals surface area contributed by atoms with Gasteiger partial charge in [0.25, 0.3) is 11.6 Å². The Balaban J connectivity index is 1.71. The number of nitrogens with zero attached hydrogens (tertiary/aromatic N) is 2. The minimum atomic E-state index is -3.39. The van der Waals surface area contributed by atoms with Gasteiger partial charge in [0.1, 0.15) is 5.75 Å². The lowest BCUT2D eigenvalue weighted by molar-refractivity contribution is -0.384. The molecule has 9 nitrogen and oxygen atoms in total. The van der Waals surface area contributed by atoms with Gasteiger partial charge in [-0.05, 0) is 36.6 Å².